The van der Waals surface area contributed by atoms with Crippen LogP contribution in [-0.4, -0.2) is 49.1 Å². The zero-order valence-electron chi connectivity index (χ0n) is 18.8. The lowest BCUT2D eigenvalue weighted by molar-refractivity contribution is -0.384. The van der Waals surface area contributed by atoms with Crippen LogP contribution in [0.3, 0.4) is 0 Å². The number of hydrogen-bond donors (Lipinski definition) is 2. The molecule has 2 aromatic rings. The van der Waals surface area contributed by atoms with Crippen LogP contribution < -0.4 is 10.6 Å². The van der Waals surface area contributed by atoms with E-state index in [0.29, 0.717) is 25.4 Å². The highest BCUT2D eigenvalue weighted by atomic mass is 16.6. The molecule has 32 heavy (non-hydrogen) atoms. The molecule has 3 rings (SSSR count). The van der Waals surface area contributed by atoms with Gasteiger partial charge in [-0.1, -0.05) is 31.2 Å². The monoisotopic (exact) mass is 440 g/mol. The first-order valence-corrected chi connectivity index (χ1v) is 11.1. The number of methoxy groups -OCH3 is 1. The molecule has 1 amide bonds. The minimum Gasteiger partial charge on any atom is -0.383 e. The molecule has 1 saturated heterocycles. The topological polar surface area (TPSA) is 96.7 Å². The first kappa shape index (κ1) is 23.7. The highest BCUT2D eigenvalue weighted by Gasteiger charge is 2.19. The predicted molar refractivity (Wildman–Crippen MR) is 125 cm³/mol. The molecule has 2 N–H and O–H groups in total. The Morgan fingerprint density at radius 2 is 1.91 bits per heavy atom. The van der Waals surface area contributed by atoms with Crippen molar-refractivity contribution in [2.24, 2.45) is 5.92 Å². The molecule has 1 aliphatic heterocycles. The van der Waals surface area contributed by atoms with Crippen LogP contribution in [0.15, 0.2) is 42.5 Å². The van der Waals surface area contributed by atoms with Gasteiger partial charge < -0.3 is 15.4 Å². The Kier molecular flexibility index (Phi) is 8.58. The molecule has 0 aromatic heterocycles. The summed E-state index contributed by atoms with van der Waals surface area (Å²) in [5, 5.41) is 17.3. The zero-order chi connectivity index (χ0) is 22.9. The van der Waals surface area contributed by atoms with Gasteiger partial charge in [-0.2, -0.15) is 0 Å². The number of carbonyl (C=O) groups excluding carboxylic acids is 1. The molecule has 2 aromatic carbocycles. The van der Waals surface area contributed by atoms with Gasteiger partial charge in [-0.3, -0.25) is 19.8 Å². The molecule has 0 atom stereocenters. The molecule has 1 aliphatic rings. The Balaban J connectivity index is 1.64. The molecular formula is C24H32N4O4. The maximum Gasteiger partial charge on any atom is 0.293 e. The summed E-state index contributed by atoms with van der Waals surface area (Å²) in [7, 11) is 1.56. The molecule has 1 heterocycles. The molecule has 172 valence electrons. The maximum atomic E-state index is 12.7. The third-order valence-electron chi connectivity index (χ3n) is 5.91. The van der Waals surface area contributed by atoms with Crippen LogP contribution in [0.4, 0.5) is 11.4 Å². The molecular weight excluding hydrogens is 408 g/mol. The van der Waals surface area contributed by atoms with Crippen molar-refractivity contribution in [3.8, 4) is 0 Å². The van der Waals surface area contributed by atoms with Gasteiger partial charge in [0.1, 0.15) is 5.69 Å². The van der Waals surface area contributed by atoms with Crippen LogP contribution in [0.25, 0.3) is 0 Å². The van der Waals surface area contributed by atoms with Crippen molar-refractivity contribution in [1.82, 2.24) is 10.2 Å². The number of nitrogens with zero attached hydrogens (tertiary/aromatic N) is 2. The molecule has 0 aliphatic carbocycles. The fourth-order valence-electron chi connectivity index (χ4n) is 3.88. The van der Waals surface area contributed by atoms with Gasteiger partial charge in [0.15, 0.2) is 0 Å². The molecule has 0 bridgehead atoms. The van der Waals surface area contributed by atoms with E-state index in [-0.39, 0.29) is 17.2 Å². The van der Waals surface area contributed by atoms with E-state index in [2.05, 4.69) is 28.5 Å². The smallest absolute Gasteiger partial charge is 0.293 e. The van der Waals surface area contributed by atoms with Crippen LogP contribution in [0, 0.1) is 16.0 Å². The van der Waals surface area contributed by atoms with Crippen molar-refractivity contribution < 1.29 is 14.5 Å². The van der Waals surface area contributed by atoms with Gasteiger partial charge in [-0.05, 0) is 55.1 Å². The normalized spacial score (nSPS) is 14.8. The number of nitro groups is 1. The number of ether oxygens (including phenoxy) is 1. The molecule has 0 unspecified atom stereocenters. The second-order valence-corrected chi connectivity index (χ2v) is 8.32. The number of carbonyl (C=O) groups is 1. The SMILES string of the molecule is COCCNc1ccc(C(=O)NCc2ccccc2CN2CCC(C)CC2)cc1[N+](=O)[O-]. The molecule has 0 spiro atoms. The van der Waals surface area contributed by atoms with E-state index in [4.69, 9.17) is 4.74 Å². The number of nitrogens with one attached hydrogen (secondary N) is 2. The summed E-state index contributed by atoms with van der Waals surface area (Å²) in [6.07, 6.45) is 2.43. The van der Waals surface area contributed by atoms with Gasteiger partial charge in [-0.15, -0.1) is 0 Å². The van der Waals surface area contributed by atoms with Gasteiger partial charge in [-0.25, -0.2) is 0 Å². The van der Waals surface area contributed by atoms with Crippen molar-refractivity contribution in [2.45, 2.75) is 32.9 Å². The lowest BCUT2D eigenvalue weighted by Crippen LogP contribution is -2.33. The lowest BCUT2D eigenvalue weighted by atomic mass is 9.98. The fourth-order valence-corrected chi connectivity index (χ4v) is 3.88. The highest BCUT2D eigenvalue weighted by Crippen LogP contribution is 2.25. The van der Waals surface area contributed by atoms with E-state index >= 15 is 0 Å². The summed E-state index contributed by atoms with van der Waals surface area (Å²) in [6.45, 7) is 6.60. The van der Waals surface area contributed by atoms with Gasteiger partial charge in [0, 0.05) is 38.4 Å². The van der Waals surface area contributed by atoms with E-state index in [9.17, 15) is 14.9 Å². The summed E-state index contributed by atoms with van der Waals surface area (Å²) in [6, 6.07) is 12.6. The fraction of sp³-hybridized carbons (Fsp3) is 0.458. The maximum absolute atomic E-state index is 12.7. The standard InChI is InChI=1S/C24H32N4O4/c1-18-9-12-27(13-10-18)17-21-6-4-3-5-20(21)16-26-24(29)19-7-8-22(25-11-14-32-2)23(15-19)28(30)31/h3-8,15,18,25H,9-14,16-17H2,1-2H3,(H,26,29). The average Bonchev–Trinajstić information content (AvgIpc) is 2.80. The first-order chi connectivity index (χ1) is 15.5. The Morgan fingerprint density at radius 3 is 2.59 bits per heavy atom. The van der Waals surface area contributed by atoms with Crippen molar-refractivity contribution in [1.29, 1.82) is 0 Å². The number of rotatable bonds is 10. The number of amides is 1. The van der Waals surface area contributed by atoms with E-state index in [1.165, 1.54) is 24.5 Å². The Labute approximate surface area is 189 Å². The predicted octanol–water partition coefficient (Wildman–Crippen LogP) is 3.82. The Morgan fingerprint density at radius 1 is 1.19 bits per heavy atom. The quantitative estimate of drug-likeness (QED) is 0.331. The Hall–Kier alpha value is -2.97. The minimum atomic E-state index is -0.485. The van der Waals surface area contributed by atoms with Gasteiger partial charge >= 0.3 is 0 Å². The number of nitro benzene ring substituents is 1. The number of benzene rings is 2. The minimum absolute atomic E-state index is 0.131. The zero-order valence-corrected chi connectivity index (χ0v) is 18.8. The van der Waals surface area contributed by atoms with Crippen LogP contribution >= 0.6 is 0 Å². The summed E-state index contributed by atoms with van der Waals surface area (Å²) >= 11 is 0. The van der Waals surface area contributed by atoms with Crippen LogP contribution in [0.1, 0.15) is 41.3 Å². The molecule has 1 fully saturated rings. The second kappa shape index (κ2) is 11.6. The average molecular weight is 441 g/mol. The van der Waals surface area contributed by atoms with Crippen LogP contribution in [0.2, 0.25) is 0 Å². The number of hydrogen-bond acceptors (Lipinski definition) is 6. The van der Waals surface area contributed by atoms with Crippen molar-refractivity contribution in [2.75, 3.05) is 38.7 Å². The molecule has 8 nitrogen and oxygen atoms in total. The Bertz CT molecular complexity index is 926. The van der Waals surface area contributed by atoms with E-state index < -0.39 is 4.92 Å². The summed E-state index contributed by atoms with van der Waals surface area (Å²) in [5.74, 6) is 0.449. The number of piperidine rings is 1. The van der Waals surface area contributed by atoms with E-state index in [1.54, 1.807) is 19.2 Å². The van der Waals surface area contributed by atoms with Crippen LogP contribution in [0.5, 0.6) is 0 Å². The van der Waals surface area contributed by atoms with Gasteiger partial charge in [0.25, 0.3) is 11.6 Å². The lowest BCUT2D eigenvalue weighted by Gasteiger charge is -2.30. The third-order valence-corrected chi connectivity index (χ3v) is 5.91. The van der Waals surface area contributed by atoms with Gasteiger partial charge in [0.2, 0.25) is 0 Å². The summed E-state index contributed by atoms with van der Waals surface area (Å²) < 4.78 is 4.96. The number of likely N-dealkylation sites (tertiary alicyclic amines) is 1. The molecule has 8 heteroatoms. The van der Waals surface area contributed by atoms with Crippen LogP contribution in [-0.2, 0) is 17.8 Å². The summed E-state index contributed by atoms with van der Waals surface area (Å²) in [4.78, 5) is 26.2. The highest BCUT2D eigenvalue weighted by molar-refractivity contribution is 5.95. The third kappa shape index (κ3) is 6.51. The molecule has 0 radical (unpaired) electrons. The van der Waals surface area contributed by atoms with Gasteiger partial charge in [0.05, 0.1) is 11.5 Å². The first-order valence-electron chi connectivity index (χ1n) is 11.1. The van der Waals surface area contributed by atoms with E-state index in [0.717, 1.165) is 31.1 Å². The second-order valence-electron chi connectivity index (χ2n) is 8.32. The van der Waals surface area contributed by atoms with Crippen molar-refractivity contribution in [3.63, 3.8) is 0 Å². The van der Waals surface area contributed by atoms with Crippen molar-refractivity contribution in [3.05, 3.63) is 69.3 Å². The largest absolute Gasteiger partial charge is 0.383 e. The molecule has 0 saturated carbocycles. The van der Waals surface area contributed by atoms with Crippen molar-refractivity contribution >= 4 is 17.3 Å². The number of anilines is 1. The summed E-state index contributed by atoms with van der Waals surface area (Å²) in [5.41, 5.74) is 2.76. The van der Waals surface area contributed by atoms with E-state index in [1.807, 2.05) is 18.2 Å².